The molecule has 2 N–H and O–H groups in total. The van der Waals surface area contributed by atoms with Crippen molar-refractivity contribution in [3.63, 3.8) is 0 Å². The summed E-state index contributed by atoms with van der Waals surface area (Å²) in [5.74, 6) is -1.07. The molecule has 0 bridgehead atoms. The second-order valence-electron chi connectivity index (χ2n) is 8.08. The third-order valence-electron chi connectivity index (χ3n) is 5.79. The highest BCUT2D eigenvalue weighted by Gasteiger charge is 2.24. The molecule has 3 aromatic rings. The van der Waals surface area contributed by atoms with Crippen LogP contribution >= 0.6 is 0 Å². The van der Waals surface area contributed by atoms with Crippen molar-refractivity contribution in [2.45, 2.75) is 39.3 Å². The second kappa shape index (κ2) is 8.64. The Morgan fingerprint density at radius 2 is 1.77 bits per heavy atom. The molecule has 0 unspecified atom stereocenters. The van der Waals surface area contributed by atoms with Crippen molar-refractivity contribution in [2.75, 3.05) is 0 Å². The minimum Gasteiger partial charge on any atom is -0.478 e. The van der Waals surface area contributed by atoms with E-state index in [1.807, 2.05) is 13.0 Å². The van der Waals surface area contributed by atoms with Gasteiger partial charge in [0, 0.05) is 12.7 Å². The van der Waals surface area contributed by atoms with Crippen LogP contribution in [0, 0.1) is 6.92 Å². The number of nitrogens with zero attached hydrogens (tertiary/aromatic N) is 1. The lowest BCUT2D eigenvalue weighted by Gasteiger charge is -2.21. The maximum Gasteiger partial charge on any atom is 0.335 e. The number of carbonyl (C=O) groups is 2. The zero-order valence-corrected chi connectivity index (χ0v) is 17.8. The Kier molecular flexibility index (Phi) is 5.76. The molecule has 1 aliphatic rings. The number of nitrogens with one attached hydrogen (secondary N) is 1. The van der Waals surface area contributed by atoms with E-state index in [1.165, 1.54) is 16.7 Å². The lowest BCUT2D eigenvalue weighted by Crippen LogP contribution is -2.29. The molecule has 2 aromatic carbocycles. The number of amides is 1. The molecule has 1 aliphatic carbocycles. The van der Waals surface area contributed by atoms with Gasteiger partial charge < -0.3 is 15.0 Å². The summed E-state index contributed by atoms with van der Waals surface area (Å²) < 4.78 is 2.15. The molecule has 0 radical (unpaired) electrons. The van der Waals surface area contributed by atoms with Crippen LogP contribution in [-0.4, -0.2) is 21.6 Å². The zero-order chi connectivity index (χ0) is 22.0. The highest BCUT2D eigenvalue weighted by molar-refractivity contribution is 6.19. The number of carboxylic acid groups (broad SMARTS) is 1. The minimum absolute atomic E-state index is 0.111. The quantitative estimate of drug-likeness (QED) is 0.611. The number of allylic oxidation sites excluding steroid dienone is 1. The fraction of sp³-hybridized carbons (Fsp3) is 0.231. The predicted molar refractivity (Wildman–Crippen MR) is 121 cm³/mol. The number of hydrogen-bond donors (Lipinski definition) is 2. The number of hydrogen-bond acceptors (Lipinski definition) is 2. The van der Waals surface area contributed by atoms with E-state index in [1.54, 1.807) is 24.3 Å². The number of rotatable bonds is 6. The Morgan fingerprint density at radius 3 is 2.45 bits per heavy atom. The fourth-order valence-electron chi connectivity index (χ4n) is 4.01. The summed E-state index contributed by atoms with van der Waals surface area (Å²) in [5.41, 5.74) is 6.40. The predicted octanol–water partition coefficient (Wildman–Crippen LogP) is 4.75. The number of benzene rings is 2. The third kappa shape index (κ3) is 4.45. The number of carboxylic acids is 1. The number of aryl methyl sites for hydroxylation is 2. The average Bonchev–Trinajstić information content (AvgIpc) is 3.18. The molecule has 4 rings (SSSR count). The van der Waals surface area contributed by atoms with E-state index in [-0.39, 0.29) is 17.5 Å². The maximum absolute atomic E-state index is 13.2. The Hall–Kier alpha value is -3.60. The highest BCUT2D eigenvalue weighted by atomic mass is 16.4. The summed E-state index contributed by atoms with van der Waals surface area (Å²) in [6.07, 6.45) is 5.85. The van der Waals surface area contributed by atoms with Gasteiger partial charge in [-0.1, -0.05) is 48.0 Å². The summed E-state index contributed by atoms with van der Waals surface area (Å²) >= 11 is 0. The van der Waals surface area contributed by atoms with Crippen LogP contribution in [0.25, 0.3) is 5.57 Å². The molecule has 0 saturated carbocycles. The van der Waals surface area contributed by atoms with Gasteiger partial charge in [0.05, 0.1) is 22.9 Å². The van der Waals surface area contributed by atoms with Crippen LogP contribution in [0.4, 0.5) is 0 Å². The van der Waals surface area contributed by atoms with Crippen molar-refractivity contribution in [1.82, 2.24) is 9.88 Å². The van der Waals surface area contributed by atoms with Crippen LogP contribution in [0.15, 0.2) is 66.9 Å². The minimum atomic E-state index is -0.961. The Labute approximate surface area is 182 Å². The van der Waals surface area contributed by atoms with Crippen molar-refractivity contribution in [2.24, 2.45) is 0 Å². The molecule has 1 atom stereocenters. The first-order chi connectivity index (χ1) is 14.9. The van der Waals surface area contributed by atoms with Crippen LogP contribution < -0.4 is 5.32 Å². The van der Waals surface area contributed by atoms with Gasteiger partial charge in [0.2, 0.25) is 0 Å². The molecular weight excluding hydrogens is 388 g/mol. The maximum atomic E-state index is 13.2. The number of carbonyl (C=O) groups excluding carboxylic acids is 1. The standard InChI is InChI=1S/C26H26N2O3/c1-17-6-8-19(9-7-17)16-28-15-14-21-4-3-5-23(24(21)28)25(29)27-18(2)20-10-12-22(13-11-20)26(30)31/h5-15,18H,3-4,16H2,1-2H3,(H,27,29)(H,30,31)/t18-/m0/s1. The number of aromatic nitrogens is 1. The largest absolute Gasteiger partial charge is 0.478 e. The van der Waals surface area contributed by atoms with Crippen molar-refractivity contribution in [3.05, 3.63) is 100 Å². The molecule has 0 aliphatic heterocycles. The normalized spacial score (nSPS) is 13.8. The van der Waals surface area contributed by atoms with Crippen molar-refractivity contribution >= 4 is 17.4 Å². The smallest absolute Gasteiger partial charge is 0.335 e. The van der Waals surface area contributed by atoms with Crippen LogP contribution in [0.2, 0.25) is 0 Å². The van der Waals surface area contributed by atoms with Gasteiger partial charge in [0.15, 0.2) is 0 Å². The van der Waals surface area contributed by atoms with E-state index in [0.29, 0.717) is 12.1 Å². The second-order valence-corrected chi connectivity index (χ2v) is 8.08. The highest BCUT2D eigenvalue weighted by Crippen LogP contribution is 2.29. The van der Waals surface area contributed by atoms with E-state index in [9.17, 15) is 9.59 Å². The molecule has 1 aromatic heterocycles. The van der Waals surface area contributed by atoms with E-state index >= 15 is 0 Å². The Bertz CT molecular complexity index is 1140. The van der Waals surface area contributed by atoms with Crippen LogP contribution in [0.5, 0.6) is 0 Å². The first kappa shape index (κ1) is 20.7. The van der Waals surface area contributed by atoms with Gasteiger partial charge in [0.25, 0.3) is 5.91 Å². The van der Waals surface area contributed by atoms with Gasteiger partial charge in [-0.25, -0.2) is 4.79 Å². The molecule has 158 valence electrons. The van der Waals surface area contributed by atoms with Crippen molar-refractivity contribution in [3.8, 4) is 0 Å². The zero-order valence-electron chi connectivity index (χ0n) is 17.8. The van der Waals surface area contributed by atoms with Crippen molar-refractivity contribution < 1.29 is 14.7 Å². The fourth-order valence-corrected chi connectivity index (χ4v) is 4.01. The monoisotopic (exact) mass is 414 g/mol. The van der Waals surface area contributed by atoms with Gasteiger partial charge in [0.1, 0.15) is 0 Å². The molecule has 1 heterocycles. The SMILES string of the molecule is Cc1ccc(Cn2ccc3c2C(C(=O)N[C@@H](C)c2ccc(C(=O)O)cc2)=CCC3)cc1. The Morgan fingerprint density at radius 1 is 1.06 bits per heavy atom. The van der Waals surface area contributed by atoms with Crippen LogP contribution in [0.1, 0.15) is 57.7 Å². The molecule has 5 nitrogen and oxygen atoms in total. The Balaban J connectivity index is 1.53. The van der Waals surface area contributed by atoms with Gasteiger partial charge in [-0.15, -0.1) is 0 Å². The number of aromatic carboxylic acids is 1. The van der Waals surface area contributed by atoms with Crippen LogP contribution in [0.3, 0.4) is 0 Å². The molecule has 5 heteroatoms. The van der Waals surface area contributed by atoms with E-state index in [2.05, 4.69) is 53.3 Å². The summed E-state index contributed by atoms with van der Waals surface area (Å²) in [6, 6.07) is 16.9. The van der Waals surface area contributed by atoms with Gasteiger partial charge >= 0.3 is 5.97 Å². The van der Waals surface area contributed by atoms with Crippen molar-refractivity contribution in [1.29, 1.82) is 0 Å². The number of fused-ring (bicyclic) bond motifs is 1. The third-order valence-corrected chi connectivity index (χ3v) is 5.79. The average molecular weight is 415 g/mol. The van der Waals surface area contributed by atoms with E-state index in [4.69, 9.17) is 5.11 Å². The molecule has 0 spiro atoms. The van der Waals surface area contributed by atoms with Crippen LogP contribution in [-0.2, 0) is 17.8 Å². The lowest BCUT2D eigenvalue weighted by atomic mass is 9.96. The van der Waals surface area contributed by atoms with Gasteiger partial charge in [-0.3, -0.25) is 4.79 Å². The molecule has 0 saturated heterocycles. The summed E-state index contributed by atoms with van der Waals surface area (Å²) in [5, 5.41) is 12.1. The molecular formula is C26H26N2O3. The topological polar surface area (TPSA) is 71.3 Å². The van der Waals surface area contributed by atoms with Gasteiger partial charge in [-0.05, 0) is 61.6 Å². The molecule has 31 heavy (non-hydrogen) atoms. The lowest BCUT2D eigenvalue weighted by molar-refractivity contribution is -0.116. The summed E-state index contributed by atoms with van der Waals surface area (Å²) in [6.45, 7) is 4.69. The first-order valence-electron chi connectivity index (χ1n) is 10.5. The summed E-state index contributed by atoms with van der Waals surface area (Å²) in [4.78, 5) is 24.2. The van der Waals surface area contributed by atoms with Gasteiger partial charge in [-0.2, -0.15) is 0 Å². The summed E-state index contributed by atoms with van der Waals surface area (Å²) in [7, 11) is 0. The first-order valence-corrected chi connectivity index (χ1v) is 10.5. The van der Waals surface area contributed by atoms with E-state index in [0.717, 1.165) is 24.1 Å². The molecule has 1 amide bonds. The van der Waals surface area contributed by atoms with E-state index < -0.39 is 5.97 Å². The molecule has 0 fully saturated rings.